The molecule has 0 aliphatic heterocycles. The van der Waals surface area contributed by atoms with Crippen LogP contribution in [0.3, 0.4) is 0 Å². The average Bonchev–Trinajstić information content (AvgIpc) is 3.47. The molecule has 0 unspecified atom stereocenters. The smallest absolute Gasteiger partial charge is 0.341 e. The Morgan fingerprint density at radius 3 is 2.48 bits per heavy atom. The van der Waals surface area contributed by atoms with Gasteiger partial charge in [-0.2, -0.15) is 0 Å². The number of rotatable bonds is 8. The third-order valence-electron chi connectivity index (χ3n) is 4.75. The van der Waals surface area contributed by atoms with Crippen LogP contribution in [0.1, 0.15) is 22.8 Å². The molecule has 0 atom stereocenters. The van der Waals surface area contributed by atoms with Crippen molar-refractivity contribution in [2.45, 2.75) is 13.8 Å². The van der Waals surface area contributed by atoms with E-state index in [0.29, 0.717) is 22.2 Å². The summed E-state index contributed by atoms with van der Waals surface area (Å²) in [4.78, 5) is 26.1. The maximum atomic E-state index is 12.6. The first-order valence-corrected chi connectivity index (χ1v) is 11.0. The number of benzene rings is 2. The summed E-state index contributed by atoms with van der Waals surface area (Å²) in [5, 5.41) is 10.7. The van der Waals surface area contributed by atoms with Crippen molar-refractivity contribution in [1.82, 2.24) is 10.2 Å². The normalized spacial score (nSPS) is 10.6. The van der Waals surface area contributed by atoms with Gasteiger partial charge in [-0.1, -0.05) is 30.3 Å². The molecule has 2 aromatic carbocycles. The van der Waals surface area contributed by atoms with Crippen LogP contribution in [0.5, 0.6) is 5.75 Å². The third kappa shape index (κ3) is 5.09. The molecule has 0 radical (unpaired) electrons. The molecule has 4 aromatic rings. The summed E-state index contributed by atoms with van der Waals surface area (Å²) < 4.78 is 16.0. The van der Waals surface area contributed by atoms with Crippen LogP contribution in [-0.2, 0) is 9.53 Å². The van der Waals surface area contributed by atoms with Crippen LogP contribution >= 0.6 is 11.3 Å². The lowest BCUT2D eigenvalue weighted by atomic mass is 10.1. The molecule has 0 saturated heterocycles. The number of nitrogens with zero attached hydrogens (tertiary/aromatic N) is 2. The molecule has 0 aliphatic carbocycles. The van der Waals surface area contributed by atoms with Gasteiger partial charge >= 0.3 is 5.97 Å². The molecule has 8 nitrogen and oxygen atoms in total. The number of esters is 1. The van der Waals surface area contributed by atoms with Gasteiger partial charge < -0.3 is 19.2 Å². The molecule has 0 bridgehead atoms. The van der Waals surface area contributed by atoms with Crippen LogP contribution in [0.15, 0.2) is 65.4 Å². The SMILES string of the molecule is CCOC(=O)c1c(NC(=O)COc2ccc(-c3nnco3)cc2)sc(-c2ccccc2)c1C. The summed E-state index contributed by atoms with van der Waals surface area (Å²) >= 11 is 1.33. The fourth-order valence-corrected chi connectivity index (χ4v) is 4.44. The van der Waals surface area contributed by atoms with Crippen LogP contribution in [-0.4, -0.2) is 35.3 Å². The zero-order chi connectivity index (χ0) is 23.2. The molecule has 0 saturated carbocycles. The maximum Gasteiger partial charge on any atom is 0.341 e. The largest absolute Gasteiger partial charge is 0.484 e. The van der Waals surface area contributed by atoms with Gasteiger partial charge in [0.05, 0.1) is 12.2 Å². The van der Waals surface area contributed by atoms with Gasteiger partial charge in [0.2, 0.25) is 12.3 Å². The molecule has 4 rings (SSSR count). The minimum Gasteiger partial charge on any atom is -0.484 e. The van der Waals surface area contributed by atoms with E-state index in [9.17, 15) is 9.59 Å². The topological polar surface area (TPSA) is 104 Å². The van der Waals surface area contributed by atoms with Gasteiger partial charge in [0.1, 0.15) is 10.8 Å². The van der Waals surface area contributed by atoms with Crippen molar-refractivity contribution in [3.8, 4) is 27.6 Å². The van der Waals surface area contributed by atoms with Crippen molar-refractivity contribution in [3.05, 3.63) is 72.1 Å². The first-order chi connectivity index (χ1) is 16.1. The highest BCUT2D eigenvalue weighted by Gasteiger charge is 2.24. The van der Waals surface area contributed by atoms with E-state index in [1.165, 1.54) is 17.7 Å². The Morgan fingerprint density at radius 2 is 1.82 bits per heavy atom. The number of nitrogens with one attached hydrogen (secondary N) is 1. The third-order valence-corrected chi connectivity index (χ3v) is 6.00. The van der Waals surface area contributed by atoms with Gasteiger partial charge in [-0.05, 0) is 49.2 Å². The van der Waals surface area contributed by atoms with Crippen LogP contribution in [0.2, 0.25) is 0 Å². The number of anilines is 1. The predicted molar refractivity (Wildman–Crippen MR) is 124 cm³/mol. The number of carbonyl (C=O) groups excluding carboxylic acids is 2. The van der Waals surface area contributed by atoms with Crippen molar-refractivity contribution in [2.24, 2.45) is 0 Å². The molecular weight excluding hydrogens is 442 g/mol. The summed E-state index contributed by atoms with van der Waals surface area (Å²) in [6.45, 7) is 3.61. The average molecular weight is 464 g/mol. The Balaban J connectivity index is 1.48. The van der Waals surface area contributed by atoms with Crippen LogP contribution in [0, 0.1) is 6.92 Å². The first kappa shape index (κ1) is 22.2. The van der Waals surface area contributed by atoms with E-state index in [1.54, 1.807) is 31.2 Å². The number of ether oxygens (including phenoxy) is 2. The van der Waals surface area contributed by atoms with Gasteiger partial charge in [-0.15, -0.1) is 21.5 Å². The Hall–Kier alpha value is -3.98. The van der Waals surface area contributed by atoms with Gasteiger partial charge in [0.15, 0.2) is 6.61 Å². The van der Waals surface area contributed by atoms with E-state index in [-0.39, 0.29) is 19.1 Å². The van der Waals surface area contributed by atoms with Gasteiger partial charge in [0.25, 0.3) is 5.91 Å². The van der Waals surface area contributed by atoms with E-state index in [4.69, 9.17) is 13.9 Å². The lowest BCUT2D eigenvalue weighted by Crippen LogP contribution is -2.21. The van der Waals surface area contributed by atoms with E-state index in [1.807, 2.05) is 37.3 Å². The zero-order valence-electron chi connectivity index (χ0n) is 18.0. The van der Waals surface area contributed by atoms with E-state index in [0.717, 1.165) is 21.6 Å². The van der Waals surface area contributed by atoms with Crippen LogP contribution in [0.25, 0.3) is 21.9 Å². The number of hydrogen-bond donors (Lipinski definition) is 1. The molecular formula is C24H21N3O5S. The molecule has 0 aliphatic rings. The molecule has 1 amide bonds. The number of hydrogen-bond acceptors (Lipinski definition) is 8. The summed E-state index contributed by atoms with van der Waals surface area (Å²) in [6.07, 6.45) is 1.25. The first-order valence-electron chi connectivity index (χ1n) is 10.2. The summed E-state index contributed by atoms with van der Waals surface area (Å²) in [7, 11) is 0. The van der Waals surface area contributed by atoms with Crippen LogP contribution < -0.4 is 10.1 Å². The summed E-state index contributed by atoms with van der Waals surface area (Å²) in [5.74, 6) is 0.0445. The lowest BCUT2D eigenvalue weighted by molar-refractivity contribution is -0.118. The minimum atomic E-state index is -0.471. The Labute approximate surface area is 194 Å². The fourth-order valence-electron chi connectivity index (χ4n) is 3.22. The molecule has 0 fully saturated rings. The molecule has 0 spiro atoms. The number of carbonyl (C=O) groups is 2. The highest BCUT2D eigenvalue weighted by Crippen LogP contribution is 2.40. The molecule has 2 heterocycles. The standard InChI is InChI=1S/C24H21N3O5S/c1-3-30-24(29)20-15(2)21(16-7-5-4-6-8-16)33-23(20)26-19(28)13-31-18-11-9-17(10-12-18)22-27-25-14-32-22/h4-12,14H,3,13H2,1-2H3,(H,26,28). The highest BCUT2D eigenvalue weighted by atomic mass is 32.1. The molecule has 168 valence electrons. The summed E-state index contributed by atoms with van der Waals surface area (Å²) in [5.41, 5.74) is 2.82. The van der Waals surface area contributed by atoms with Gasteiger partial charge in [-0.3, -0.25) is 4.79 Å². The van der Waals surface area contributed by atoms with Gasteiger partial charge in [-0.25, -0.2) is 4.79 Å². The van der Waals surface area contributed by atoms with Crippen molar-refractivity contribution < 1.29 is 23.5 Å². The second kappa shape index (κ2) is 10.1. The Kier molecular flexibility index (Phi) is 6.80. The van der Waals surface area contributed by atoms with Crippen molar-refractivity contribution in [3.63, 3.8) is 0 Å². The zero-order valence-corrected chi connectivity index (χ0v) is 18.8. The fraction of sp³-hybridized carbons (Fsp3) is 0.167. The summed E-state index contributed by atoms with van der Waals surface area (Å²) in [6, 6.07) is 16.6. The molecule has 33 heavy (non-hydrogen) atoms. The van der Waals surface area contributed by atoms with E-state index < -0.39 is 5.97 Å². The second-order valence-corrected chi connectivity index (χ2v) is 7.97. The monoisotopic (exact) mass is 463 g/mol. The second-order valence-electron chi connectivity index (χ2n) is 6.95. The Morgan fingerprint density at radius 1 is 1.06 bits per heavy atom. The van der Waals surface area contributed by atoms with E-state index in [2.05, 4.69) is 15.5 Å². The highest BCUT2D eigenvalue weighted by molar-refractivity contribution is 7.20. The van der Waals surface area contributed by atoms with E-state index >= 15 is 0 Å². The van der Waals surface area contributed by atoms with Crippen molar-refractivity contribution in [2.75, 3.05) is 18.5 Å². The quantitative estimate of drug-likeness (QED) is 0.368. The molecule has 2 aromatic heterocycles. The Bertz CT molecular complexity index is 1240. The number of amides is 1. The molecule has 1 N–H and O–H groups in total. The molecule has 9 heteroatoms. The number of aromatic nitrogens is 2. The minimum absolute atomic E-state index is 0.222. The van der Waals surface area contributed by atoms with Gasteiger partial charge in [0, 0.05) is 10.4 Å². The van der Waals surface area contributed by atoms with Crippen LogP contribution in [0.4, 0.5) is 5.00 Å². The number of thiophene rings is 1. The maximum absolute atomic E-state index is 12.6. The lowest BCUT2D eigenvalue weighted by Gasteiger charge is -2.09. The van der Waals surface area contributed by atoms with Crippen molar-refractivity contribution in [1.29, 1.82) is 0 Å². The van der Waals surface area contributed by atoms with Crippen molar-refractivity contribution >= 4 is 28.2 Å². The predicted octanol–water partition coefficient (Wildman–Crippen LogP) is 4.97.